The van der Waals surface area contributed by atoms with E-state index in [1.165, 1.54) is 24.2 Å². The van der Waals surface area contributed by atoms with E-state index < -0.39 is 0 Å². The van der Waals surface area contributed by atoms with Gasteiger partial charge in [0.25, 0.3) is 0 Å². The molecule has 4 atom stereocenters. The van der Waals surface area contributed by atoms with Crippen LogP contribution in [0, 0.1) is 16.7 Å². The first-order valence-corrected chi connectivity index (χ1v) is 8.64. The average molecular weight is 334 g/mol. The molecule has 0 amide bonds. The van der Waals surface area contributed by atoms with Gasteiger partial charge < -0.3 is 31.9 Å². The highest BCUT2D eigenvalue weighted by Crippen LogP contribution is 2.66. The van der Waals surface area contributed by atoms with E-state index in [1.807, 2.05) is 0 Å². The maximum atomic E-state index is 10.3. The number of quaternary nitrogens is 1. The number of hydrogen-bond donors (Lipinski definition) is 2. The Bertz CT molecular complexity index is 373. The number of ether oxygens (including phenoxy) is 2. The monoisotopic (exact) mass is 333 g/mol. The highest BCUT2D eigenvalue weighted by molar-refractivity contribution is 5.11. The first-order chi connectivity index (χ1) is 9.93. The Balaban J connectivity index is 0.00000176. The molecule has 3 rings (SSSR count). The van der Waals surface area contributed by atoms with Crippen molar-refractivity contribution in [3.05, 3.63) is 0 Å². The summed E-state index contributed by atoms with van der Waals surface area (Å²) in [6.45, 7) is 12.1. The molecule has 5 heteroatoms. The summed E-state index contributed by atoms with van der Waals surface area (Å²) in [5.74, 6) is 0.800. The van der Waals surface area contributed by atoms with Crippen LogP contribution in [0.25, 0.3) is 0 Å². The van der Waals surface area contributed by atoms with E-state index in [-0.39, 0.29) is 18.5 Å². The van der Waals surface area contributed by atoms with Crippen molar-refractivity contribution in [2.45, 2.75) is 52.2 Å². The highest BCUT2D eigenvalue weighted by atomic mass is 35.5. The van der Waals surface area contributed by atoms with Gasteiger partial charge in [-0.25, -0.2) is 0 Å². The van der Waals surface area contributed by atoms with Gasteiger partial charge in [-0.3, -0.25) is 0 Å². The molecule has 4 nitrogen and oxygen atoms in total. The normalized spacial score (nSPS) is 38.7. The van der Waals surface area contributed by atoms with E-state index >= 15 is 0 Å². The lowest BCUT2D eigenvalue weighted by atomic mass is 9.70. The maximum absolute atomic E-state index is 10.3. The van der Waals surface area contributed by atoms with Crippen LogP contribution in [-0.2, 0) is 9.47 Å². The van der Waals surface area contributed by atoms with Gasteiger partial charge >= 0.3 is 0 Å². The summed E-state index contributed by atoms with van der Waals surface area (Å²) < 4.78 is 11.5. The molecular weight excluding hydrogens is 302 g/mol. The molecule has 3 fully saturated rings. The molecule has 22 heavy (non-hydrogen) atoms. The molecule has 2 saturated carbocycles. The van der Waals surface area contributed by atoms with E-state index in [2.05, 4.69) is 20.8 Å². The molecule has 0 aromatic rings. The Hall–Kier alpha value is 0.130. The minimum Gasteiger partial charge on any atom is -1.00 e. The largest absolute Gasteiger partial charge is 1.00 e. The lowest BCUT2D eigenvalue weighted by Gasteiger charge is -2.39. The highest BCUT2D eigenvalue weighted by Gasteiger charge is 2.61. The molecule has 2 bridgehead atoms. The number of halogens is 1. The number of aliphatic hydroxyl groups excluding tert-OH is 1. The predicted octanol–water partition coefficient (Wildman–Crippen LogP) is -2.50. The third-order valence-corrected chi connectivity index (χ3v) is 6.93. The van der Waals surface area contributed by atoms with E-state index in [0.717, 1.165) is 38.8 Å². The van der Waals surface area contributed by atoms with Gasteiger partial charge in [-0.2, -0.15) is 0 Å². The van der Waals surface area contributed by atoms with Crippen LogP contribution < -0.4 is 17.3 Å². The lowest BCUT2D eigenvalue weighted by Crippen LogP contribution is -3.15. The van der Waals surface area contributed by atoms with E-state index in [1.54, 1.807) is 0 Å². The van der Waals surface area contributed by atoms with Crippen molar-refractivity contribution in [2.75, 3.05) is 39.5 Å². The Labute approximate surface area is 140 Å². The fourth-order valence-corrected chi connectivity index (χ4v) is 4.87. The molecule has 0 aromatic carbocycles. The minimum absolute atomic E-state index is 0. The Morgan fingerprint density at radius 3 is 2.50 bits per heavy atom. The Kier molecular flexibility index (Phi) is 5.82. The molecule has 0 aromatic heterocycles. The van der Waals surface area contributed by atoms with E-state index in [0.29, 0.717) is 23.5 Å². The van der Waals surface area contributed by atoms with Crippen molar-refractivity contribution in [3.8, 4) is 0 Å². The second-order valence-electron chi connectivity index (χ2n) is 8.15. The summed E-state index contributed by atoms with van der Waals surface area (Å²) in [6, 6.07) is 0. The second kappa shape index (κ2) is 6.94. The Morgan fingerprint density at radius 2 is 1.95 bits per heavy atom. The van der Waals surface area contributed by atoms with Crippen LogP contribution in [0.2, 0.25) is 0 Å². The third-order valence-electron chi connectivity index (χ3n) is 6.93. The molecule has 130 valence electrons. The number of morpholine rings is 1. The van der Waals surface area contributed by atoms with Crippen molar-refractivity contribution in [1.29, 1.82) is 0 Å². The number of aliphatic hydroxyl groups is 1. The number of fused-ring (bicyclic) bond motifs is 2. The van der Waals surface area contributed by atoms with Gasteiger partial charge in [-0.15, -0.1) is 0 Å². The summed E-state index contributed by atoms with van der Waals surface area (Å²) in [4.78, 5) is 1.44. The molecule has 2 N–H and O–H groups in total. The fraction of sp³-hybridized carbons (Fsp3) is 1.00. The van der Waals surface area contributed by atoms with Crippen molar-refractivity contribution >= 4 is 0 Å². The minimum atomic E-state index is -0.344. The molecule has 4 unspecified atom stereocenters. The van der Waals surface area contributed by atoms with Gasteiger partial charge in [0.15, 0.2) is 0 Å². The summed E-state index contributed by atoms with van der Waals surface area (Å²) in [7, 11) is 0. The molecule has 0 radical (unpaired) electrons. The number of hydrogen-bond acceptors (Lipinski definition) is 3. The van der Waals surface area contributed by atoms with Crippen LogP contribution >= 0.6 is 0 Å². The second-order valence-corrected chi connectivity index (χ2v) is 8.15. The lowest BCUT2D eigenvalue weighted by molar-refractivity contribution is -0.911. The van der Waals surface area contributed by atoms with Gasteiger partial charge in [-0.05, 0) is 36.0 Å². The third kappa shape index (κ3) is 3.18. The van der Waals surface area contributed by atoms with Gasteiger partial charge in [0.1, 0.15) is 25.7 Å². The van der Waals surface area contributed by atoms with Crippen LogP contribution in [0.1, 0.15) is 40.0 Å². The molecule has 1 aliphatic heterocycles. The van der Waals surface area contributed by atoms with E-state index in [9.17, 15) is 5.11 Å². The average Bonchev–Trinajstić information content (AvgIpc) is 2.79. The Morgan fingerprint density at radius 1 is 1.27 bits per heavy atom. The van der Waals surface area contributed by atoms with Gasteiger partial charge in [-0.1, -0.05) is 20.8 Å². The van der Waals surface area contributed by atoms with Gasteiger partial charge in [0.2, 0.25) is 0 Å². The molecule has 1 saturated heterocycles. The predicted molar refractivity (Wildman–Crippen MR) is 81.4 cm³/mol. The zero-order valence-corrected chi connectivity index (χ0v) is 15.0. The zero-order chi connectivity index (χ0) is 15.1. The first kappa shape index (κ1) is 18.5. The summed E-state index contributed by atoms with van der Waals surface area (Å²) >= 11 is 0. The number of nitrogens with one attached hydrogen (secondary N) is 1. The quantitative estimate of drug-likeness (QED) is 0.584. The summed E-state index contributed by atoms with van der Waals surface area (Å²) in [5.41, 5.74) is 0.682. The number of rotatable bonds is 5. The molecule has 2 aliphatic carbocycles. The summed E-state index contributed by atoms with van der Waals surface area (Å²) in [5, 5.41) is 10.3. The van der Waals surface area contributed by atoms with Gasteiger partial charge in [0.05, 0.1) is 25.9 Å². The SMILES string of the molecule is CC1(C)C2CCC1(C)C(OCC(O)C[NH+]1CCOCC1)C2.[Cl-]. The maximum Gasteiger partial charge on any atom is 0.126 e. The van der Waals surface area contributed by atoms with Crippen LogP contribution in [-0.4, -0.2) is 56.8 Å². The molecule has 1 heterocycles. The fourth-order valence-electron chi connectivity index (χ4n) is 4.87. The zero-order valence-electron chi connectivity index (χ0n) is 14.2. The van der Waals surface area contributed by atoms with Gasteiger partial charge in [0, 0.05) is 0 Å². The molecule has 3 aliphatic rings. The topological polar surface area (TPSA) is 43.1 Å². The van der Waals surface area contributed by atoms with Crippen LogP contribution in [0.5, 0.6) is 0 Å². The van der Waals surface area contributed by atoms with Crippen molar-refractivity contribution in [1.82, 2.24) is 0 Å². The van der Waals surface area contributed by atoms with Crippen LogP contribution in [0.4, 0.5) is 0 Å². The standard InChI is InChI=1S/C17H31NO3.ClH/c1-16(2)13-4-5-17(16,3)15(10-13)21-12-14(19)11-18-6-8-20-9-7-18;/h13-15,19H,4-12H2,1-3H3;1H. The van der Waals surface area contributed by atoms with Crippen molar-refractivity contribution < 1.29 is 31.9 Å². The first-order valence-electron chi connectivity index (χ1n) is 8.64. The summed E-state index contributed by atoms with van der Waals surface area (Å²) in [6.07, 6.45) is 3.80. The molecule has 0 spiro atoms. The van der Waals surface area contributed by atoms with E-state index in [4.69, 9.17) is 9.47 Å². The van der Waals surface area contributed by atoms with Crippen molar-refractivity contribution in [3.63, 3.8) is 0 Å². The van der Waals surface area contributed by atoms with Crippen molar-refractivity contribution in [2.24, 2.45) is 16.7 Å². The smallest absolute Gasteiger partial charge is 0.126 e. The van der Waals surface area contributed by atoms with Crippen LogP contribution in [0.3, 0.4) is 0 Å². The van der Waals surface area contributed by atoms with Crippen LogP contribution in [0.15, 0.2) is 0 Å². The molecular formula is C17H32ClNO3.